The van der Waals surface area contributed by atoms with Crippen molar-refractivity contribution in [3.05, 3.63) is 64.6 Å². The van der Waals surface area contributed by atoms with Crippen molar-refractivity contribution in [3.63, 3.8) is 0 Å². The van der Waals surface area contributed by atoms with Crippen LogP contribution in [0.1, 0.15) is 40.8 Å². The number of benzene rings is 2. The summed E-state index contributed by atoms with van der Waals surface area (Å²) in [5, 5.41) is 3.67. The van der Waals surface area contributed by atoms with Crippen molar-refractivity contribution in [2.45, 2.75) is 25.3 Å². The van der Waals surface area contributed by atoms with E-state index in [1.807, 2.05) is 52.7 Å². The summed E-state index contributed by atoms with van der Waals surface area (Å²) in [5.74, 6) is 0.743. The van der Waals surface area contributed by atoms with Crippen LogP contribution in [-0.4, -0.2) is 34.4 Å². The molecule has 1 atom stereocenters. The minimum Gasteiger partial charge on any atom is -0.496 e. The number of aromatic nitrogens is 2. The fourth-order valence-electron chi connectivity index (χ4n) is 3.93. The number of rotatable bonds is 4. The molecule has 3 heterocycles. The second-order valence-electron chi connectivity index (χ2n) is 7.27. The first-order valence-electron chi connectivity index (χ1n) is 10.00. The normalized spacial score (nSPS) is 16.7. The third-order valence-corrected chi connectivity index (χ3v) is 7.43. The fraction of sp³-hybridized carbons (Fsp3) is 0.261. The maximum atomic E-state index is 13.4. The maximum Gasteiger partial charge on any atom is 0.273 e. The van der Waals surface area contributed by atoms with E-state index >= 15 is 0 Å². The average molecular weight is 436 g/mol. The molecule has 1 aliphatic heterocycles. The molecule has 0 bridgehead atoms. The molecule has 1 aliphatic rings. The van der Waals surface area contributed by atoms with E-state index in [1.54, 1.807) is 18.4 Å². The number of likely N-dealkylation sites (tertiary alicyclic amines) is 1. The maximum absolute atomic E-state index is 13.4. The predicted molar refractivity (Wildman–Crippen MR) is 121 cm³/mol. The van der Waals surface area contributed by atoms with Gasteiger partial charge in [-0.3, -0.25) is 4.79 Å². The van der Waals surface area contributed by atoms with E-state index in [9.17, 15) is 4.79 Å². The first-order chi connectivity index (χ1) is 14.7. The third kappa shape index (κ3) is 3.48. The Hall–Kier alpha value is -2.77. The summed E-state index contributed by atoms with van der Waals surface area (Å²) in [5.41, 5.74) is 2.40. The van der Waals surface area contributed by atoms with Crippen LogP contribution < -0.4 is 4.74 Å². The summed E-state index contributed by atoms with van der Waals surface area (Å²) in [4.78, 5) is 24.9. The first-order valence-corrected chi connectivity index (χ1v) is 11.7. The van der Waals surface area contributed by atoms with Gasteiger partial charge in [0.05, 0.1) is 28.9 Å². The quantitative estimate of drug-likeness (QED) is 0.407. The van der Waals surface area contributed by atoms with E-state index in [-0.39, 0.29) is 11.9 Å². The van der Waals surface area contributed by atoms with E-state index < -0.39 is 0 Å². The molecule has 0 spiro atoms. The number of carbonyl (C=O) groups excluding carboxylic acids is 1. The Bertz CT molecular complexity index is 1170. The van der Waals surface area contributed by atoms with E-state index in [1.165, 1.54) is 11.3 Å². The van der Waals surface area contributed by atoms with Crippen molar-refractivity contribution in [1.82, 2.24) is 14.9 Å². The Labute approximate surface area is 183 Å². The molecule has 1 unspecified atom stereocenters. The number of ether oxygens (including phenoxy) is 1. The molecule has 0 saturated carbocycles. The standard InChI is InChI=1S/C23H21N3O2S2/c1-28-19-11-4-2-8-15(19)21-25-17(14-29-21)23(27)26-13-7-6-10-18(26)22-24-16-9-3-5-12-20(16)30-22/h2-5,8-9,11-12,14,18H,6-7,10,13H2,1H3. The molecular weight excluding hydrogens is 414 g/mol. The molecule has 1 saturated heterocycles. The zero-order valence-corrected chi connectivity index (χ0v) is 18.2. The smallest absolute Gasteiger partial charge is 0.273 e. The summed E-state index contributed by atoms with van der Waals surface area (Å²) in [6, 6.07) is 15.9. The Balaban J connectivity index is 1.45. The van der Waals surface area contributed by atoms with E-state index in [4.69, 9.17) is 9.72 Å². The Kier molecular flexibility index (Phi) is 5.23. The van der Waals surface area contributed by atoms with Gasteiger partial charge in [0.1, 0.15) is 21.5 Å². The van der Waals surface area contributed by atoms with Crippen LogP contribution in [0.15, 0.2) is 53.9 Å². The summed E-state index contributed by atoms with van der Waals surface area (Å²) < 4.78 is 6.62. The number of amides is 1. The van der Waals surface area contributed by atoms with Gasteiger partial charge >= 0.3 is 0 Å². The number of methoxy groups -OCH3 is 1. The minimum atomic E-state index is -0.0173. The van der Waals surface area contributed by atoms with Crippen LogP contribution in [0.25, 0.3) is 20.8 Å². The first kappa shape index (κ1) is 19.2. The van der Waals surface area contributed by atoms with Crippen LogP contribution >= 0.6 is 22.7 Å². The van der Waals surface area contributed by atoms with Crippen LogP contribution in [0.3, 0.4) is 0 Å². The number of piperidine rings is 1. The topological polar surface area (TPSA) is 55.3 Å². The van der Waals surface area contributed by atoms with Crippen LogP contribution in [0.2, 0.25) is 0 Å². The zero-order chi connectivity index (χ0) is 20.5. The number of nitrogens with zero attached hydrogens (tertiary/aromatic N) is 3. The molecule has 2 aromatic heterocycles. The van der Waals surface area contributed by atoms with Crippen molar-refractivity contribution in [1.29, 1.82) is 0 Å². The van der Waals surface area contributed by atoms with Gasteiger partial charge in [-0.2, -0.15) is 0 Å². The summed E-state index contributed by atoms with van der Waals surface area (Å²) in [6.45, 7) is 0.737. The SMILES string of the molecule is COc1ccccc1-c1nc(C(=O)N2CCCCC2c2nc3ccccc3s2)cs1. The van der Waals surface area contributed by atoms with E-state index in [0.29, 0.717) is 5.69 Å². The van der Waals surface area contributed by atoms with Crippen LogP contribution in [0.5, 0.6) is 5.75 Å². The third-order valence-electron chi connectivity index (χ3n) is 5.42. The molecule has 152 valence electrons. The number of para-hydroxylation sites is 2. The number of fused-ring (bicyclic) bond motifs is 1. The highest BCUT2D eigenvalue weighted by molar-refractivity contribution is 7.18. The Morgan fingerprint density at radius 2 is 1.93 bits per heavy atom. The van der Waals surface area contributed by atoms with Gasteiger partial charge in [0.2, 0.25) is 0 Å². The monoisotopic (exact) mass is 435 g/mol. The predicted octanol–water partition coefficient (Wildman–Crippen LogP) is 5.80. The van der Waals surface area contributed by atoms with Gasteiger partial charge < -0.3 is 9.64 Å². The van der Waals surface area contributed by atoms with Crippen molar-refractivity contribution in [3.8, 4) is 16.3 Å². The average Bonchev–Trinajstić information content (AvgIpc) is 3.46. The van der Waals surface area contributed by atoms with Crippen molar-refractivity contribution >= 4 is 38.8 Å². The van der Waals surface area contributed by atoms with Crippen LogP contribution in [0.4, 0.5) is 0 Å². The van der Waals surface area contributed by atoms with Crippen LogP contribution in [0, 0.1) is 0 Å². The molecule has 1 fully saturated rings. The van der Waals surface area contributed by atoms with Gasteiger partial charge in [-0.15, -0.1) is 22.7 Å². The lowest BCUT2D eigenvalue weighted by atomic mass is 10.0. The van der Waals surface area contributed by atoms with Gasteiger partial charge in [-0.25, -0.2) is 9.97 Å². The molecule has 4 aromatic rings. The molecule has 0 radical (unpaired) electrons. The molecule has 0 aliphatic carbocycles. The minimum absolute atomic E-state index is 0.0139. The lowest BCUT2D eigenvalue weighted by Gasteiger charge is -2.34. The summed E-state index contributed by atoms with van der Waals surface area (Å²) in [6.07, 6.45) is 3.06. The van der Waals surface area contributed by atoms with Gasteiger partial charge in [0.15, 0.2) is 0 Å². The zero-order valence-electron chi connectivity index (χ0n) is 16.6. The van der Waals surface area contributed by atoms with Gasteiger partial charge in [-0.05, 0) is 43.5 Å². The lowest BCUT2D eigenvalue weighted by molar-refractivity contribution is 0.0606. The molecule has 5 nitrogen and oxygen atoms in total. The largest absolute Gasteiger partial charge is 0.496 e. The summed E-state index contributed by atoms with van der Waals surface area (Å²) in [7, 11) is 1.65. The highest BCUT2D eigenvalue weighted by Gasteiger charge is 2.32. The highest BCUT2D eigenvalue weighted by Crippen LogP contribution is 2.37. The number of carbonyl (C=O) groups is 1. The number of hydrogen-bond donors (Lipinski definition) is 0. The molecule has 2 aromatic carbocycles. The molecule has 30 heavy (non-hydrogen) atoms. The van der Waals surface area contributed by atoms with Gasteiger partial charge in [0.25, 0.3) is 5.91 Å². The molecule has 0 N–H and O–H groups in total. The van der Waals surface area contributed by atoms with Crippen molar-refractivity contribution in [2.24, 2.45) is 0 Å². The molecular formula is C23H21N3O2S2. The molecule has 5 rings (SSSR count). The highest BCUT2D eigenvalue weighted by atomic mass is 32.1. The molecule has 7 heteroatoms. The van der Waals surface area contributed by atoms with Crippen molar-refractivity contribution < 1.29 is 9.53 Å². The van der Waals surface area contributed by atoms with E-state index in [0.717, 1.165) is 57.4 Å². The molecule has 1 amide bonds. The number of thiazole rings is 2. The second-order valence-corrected chi connectivity index (χ2v) is 9.19. The van der Waals surface area contributed by atoms with E-state index in [2.05, 4.69) is 11.1 Å². The lowest BCUT2D eigenvalue weighted by Crippen LogP contribution is -2.38. The summed E-state index contributed by atoms with van der Waals surface area (Å²) >= 11 is 3.16. The van der Waals surface area contributed by atoms with Crippen molar-refractivity contribution in [2.75, 3.05) is 13.7 Å². The van der Waals surface area contributed by atoms with Crippen LogP contribution in [-0.2, 0) is 0 Å². The number of hydrogen-bond acceptors (Lipinski definition) is 6. The van der Waals surface area contributed by atoms with Gasteiger partial charge in [-0.1, -0.05) is 24.3 Å². The Morgan fingerprint density at radius 1 is 1.10 bits per heavy atom. The van der Waals surface area contributed by atoms with Gasteiger partial charge in [0, 0.05) is 11.9 Å². The Morgan fingerprint density at radius 3 is 2.80 bits per heavy atom. The fourth-order valence-corrected chi connectivity index (χ4v) is 5.87. The second kappa shape index (κ2) is 8.16.